The Labute approximate surface area is 116 Å². The molecule has 1 aromatic carbocycles. The fourth-order valence-corrected chi connectivity index (χ4v) is 2.62. The van der Waals surface area contributed by atoms with Gasteiger partial charge in [0, 0.05) is 31.9 Å². The van der Waals surface area contributed by atoms with Crippen LogP contribution in [0.1, 0.15) is 30.5 Å². The topological polar surface area (TPSA) is 41.3 Å². The number of hydrogen-bond acceptors (Lipinski definition) is 3. The zero-order valence-electron chi connectivity index (χ0n) is 11.9. The van der Waals surface area contributed by atoms with Crippen molar-refractivity contribution >= 4 is 5.69 Å². The summed E-state index contributed by atoms with van der Waals surface area (Å²) in [6.45, 7) is 4.29. The Morgan fingerprint density at radius 1 is 1.47 bits per heavy atom. The van der Waals surface area contributed by atoms with Crippen molar-refractivity contribution in [1.29, 1.82) is 0 Å². The van der Waals surface area contributed by atoms with Gasteiger partial charge in [0.1, 0.15) is 0 Å². The molecule has 3 nitrogen and oxygen atoms in total. The van der Waals surface area contributed by atoms with Gasteiger partial charge in [-0.05, 0) is 37.0 Å². The van der Waals surface area contributed by atoms with Crippen molar-refractivity contribution in [3.05, 3.63) is 29.3 Å². The number of fused-ring (bicyclic) bond motifs is 1. The summed E-state index contributed by atoms with van der Waals surface area (Å²) >= 11 is 0. The maximum absolute atomic E-state index is 5.87. The number of rotatable bonds is 4. The van der Waals surface area contributed by atoms with E-state index in [4.69, 9.17) is 5.73 Å². The van der Waals surface area contributed by atoms with E-state index in [0.29, 0.717) is 13.1 Å². The number of aryl methyl sites for hydroxylation is 1. The van der Waals surface area contributed by atoms with Gasteiger partial charge in [0.25, 0.3) is 0 Å². The minimum absolute atomic E-state index is 0.193. The lowest BCUT2D eigenvalue weighted by molar-refractivity contribution is 0.580. The molecule has 3 N–H and O–H groups in total. The molecule has 0 fully saturated rings. The molecule has 1 aliphatic heterocycles. The van der Waals surface area contributed by atoms with Gasteiger partial charge in [-0.25, -0.2) is 0 Å². The summed E-state index contributed by atoms with van der Waals surface area (Å²) in [6.07, 6.45) is 2.40. The predicted octanol–water partition coefficient (Wildman–Crippen LogP) is 1.68. The van der Waals surface area contributed by atoms with E-state index in [0.717, 1.165) is 6.54 Å². The van der Waals surface area contributed by atoms with Crippen LogP contribution in [-0.4, -0.2) is 26.7 Å². The number of hydrogen-bond donors (Lipinski definition) is 2. The third-order valence-corrected chi connectivity index (χ3v) is 3.71. The largest absolute Gasteiger partial charge is 0.374 e. The molecule has 1 atom stereocenters. The van der Waals surface area contributed by atoms with Gasteiger partial charge in [-0.2, -0.15) is 0 Å². The molecule has 0 saturated carbocycles. The van der Waals surface area contributed by atoms with Crippen LogP contribution in [-0.2, 0) is 6.42 Å². The zero-order chi connectivity index (χ0) is 13.7. The highest BCUT2D eigenvalue weighted by molar-refractivity contribution is 5.56. The molecule has 0 radical (unpaired) electrons. The summed E-state index contributed by atoms with van der Waals surface area (Å²) in [5.41, 5.74) is 9.94. The molecule has 1 heterocycles. The first-order chi connectivity index (χ1) is 9.26. The van der Waals surface area contributed by atoms with Gasteiger partial charge in [-0.15, -0.1) is 5.92 Å². The van der Waals surface area contributed by atoms with Gasteiger partial charge in [-0.3, -0.25) is 5.32 Å². The smallest absolute Gasteiger partial charge is 0.0581 e. The summed E-state index contributed by atoms with van der Waals surface area (Å²) in [7, 11) is 2.16. The van der Waals surface area contributed by atoms with Crippen molar-refractivity contribution in [3.8, 4) is 11.8 Å². The quantitative estimate of drug-likeness (QED) is 0.806. The van der Waals surface area contributed by atoms with Crippen molar-refractivity contribution < 1.29 is 0 Å². The van der Waals surface area contributed by atoms with Crippen LogP contribution in [0.15, 0.2) is 18.2 Å². The molecule has 0 saturated heterocycles. The zero-order valence-corrected chi connectivity index (χ0v) is 11.9. The number of anilines is 1. The molecule has 3 heteroatoms. The molecular weight excluding hydrogens is 234 g/mol. The van der Waals surface area contributed by atoms with Crippen molar-refractivity contribution in [2.24, 2.45) is 5.73 Å². The van der Waals surface area contributed by atoms with E-state index < -0.39 is 0 Å². The summed E-state index contributed by atoms with van der Waals surface area (Å²) in [6, 6.07) is 6.90. The highest BCUT2D eigenvalue weighted by atomic mass is 15.1. The van der Waals surface area contributed by atoms with E-state index in [1.807, 2.05) is 6.92 Å². The van der Waals surface area contributed by atoms with Crippen molar-refractivity contribution in [1.82, 2.24) is 5.32 Å². The lowest BCUT2D eigenvalue weighted by atomic mass is 9.96. The van der Waals surface area contributed by atoms with Gasteiger partial charge in [0.15, 0.2) is 0 Å². The van der Waals surface area contributed by atoms with Crippen LogP contribution < -0.4 is 16.0 Å². The first-order valence-electron chi connectivity index (χ1n) is 6.93. The first-order valence-corrected chi connectivity index (χ1v) is 6.93. The van der Waals surface area contributed by atoms with Crippen molar-refractivity contribution in [2.45, 2.75) is 25.8 Å². The highest BCUT2D eigenvalue weighted by Gasteiger charge is 2.16. The van der Waals surface area contributed by atoms with Crippen LogP contribution in [0.25, 0.3) is 0 Å². The van der Waals surface area contributed by atoms with Crippen molar-refractivity contribution in [2.75, 3.05) is 31.6 Å². The molecule has 0 aliphatic carbocycles. The minimum atomic E-state index is 0.193. The maximum atomic E-state index is 5.87. The van der Waals surface area contributed by atoms with Gasteiger partial charge in [0.2, 0.25) is 0 Å². The normalized spacial score (nSPS) is 15.4. The molecule has 1 aromatic rings. The van der Waals surface area contributed by atoms with Crippen LogP contribution >= 0.6 is 0 Å². The average molecular weight is 257 g/mol. The van der Waals surface area contributed by atoms with Gasteiger partial charge >= 0.3 is 0 Å². The molecule has 102 valence electrons. The Kier molecular flexibility index (Phi) is 4.84. The monoisotopic (exact) mass is 257 g/mol. The summed E-state index contributed by atoms with van der Waals surface area (Å²) in [4.78, 5) is 2.33. The molecule has 0 amide bonds. The molecule has 1 aliphatic rings. The van der Waals surface area contributed by atoms with E-state index in [1.165, 1.54) is 29.7 Å². The van der Waals surface area contributed by atoms with E-state index in [2.05, 4.69) is 47.3 Å². The highest BCUT2D eigenvalue weighted by Crippen LogP contribution is 2.28. The Morgan fingerprint density at radius 2 is 2.32 bits per heavy atom. The molecule has 2 rings (SSSR count). The SMILES string of the molecule is CC#CCNC(CN)c1ccc2c(c1)CCCN2C. The van der Waals surface area contributed by atoms with Crippen LogP contribution in [0.4, 0.5) is 5.69 Å². The summed E-state index contributed by atoms with van der Waals surface area (Å²) in [5.74, 6) is 5.92. The Bertz CT molecular complexity index is 485. The number of nitrogens with two attached hydrogens (primary N) is 1. The third kappa shape index (κ3) is 3.28. The summed E-state index contributed by atoms with van der Waals surface area (Å²) < 4.78 is 0. The third-order valence-electron chi connectivity index (χ3n) is 3.71. The summed E-state index contributed by atoms with van der Waals surface area (Å²) in [5, 5.41) is 3.39. The predicted molar refractivity (Wildman–Crippen MR) is 81.3 cm³/mol. The molecule has 0 aromatic heterocycles. The van der Waals surface area contributed by atoms with Crippen LogP contribution in [0, 0.1) is 11.8 Å². The number of nitrogens with zero attached hydrogens (tertiary/aromatic N) is 1. The Morgan fingerprint density at radius 3 is 3.05 bits per heavy atom. The fraction of sp³-hybridized carbons (Fsp3) is 0.500. The molecule has 1 unspecified atom stereocenters. The van der Waals surface area contributed by atoms with E-state index >= 15 is 0 Å². The maximum Gasteiger partial charge on any atom is 0.0581 e. The second kappa shape index (κ2) is 6.60. The van der Waals surface area contributed by atoms with Gasteiger partial charge in [0.05, 0.1) is 6.54 Å². The van der Waals surface area contributed by atoms with Crippen LogP contribution in [0.3, 0.4) is 0 Å². The Hall–Kier alpha value is -1.50. The van der Waals surface area contributed by atoms with Crippen LogP contribution in [0.2, 0.25) is 0 Å². The number of benzene rings is 1. The Balaban J connectivity index is 2.16. The van der Waals surface area contributed by atoms with Gasteiger partial charge in [-0.1, -0.05) is 18.1 Å². The lowest BCUT2D eigenvalue weighted by Gasteiger charge is -2.28. The van der Waals surface area contributed by atoms with Gasteiger partial charge < -0.3 is 10.6 Å². The fourth-order valence-electron chi connectivity index (χ4n) is 2.62. The second-order valence-corrected chi connectivity index (χ2v) is 5.01. The standard InChI is InChI=1S/C16H23N3/c1-3-4-9-18-15(12-17)13-7-8-16-14(11-13)6-5-10-19(16)2/h7-8,11,15,18H,5-6,9-10,12,17H2,1-2H3. The van der Waals surface area contributed by atoms with E-state index in [9.17, 15) is 0 Å². The van der Waals surface area contributed by atoms with E-state index in [-0.39, 0.29) is 6.04 Å². The van der Waals surface area contributed by atoms with E-state index in [1.54, 1.807) is 0 Å². The molecule has 19 heavy (non-hydrogen) atoms. The lowest BCUT2D eigenvalue weighted by Crippen LogP contribution is -2.29. The molecule has 0 bridgehead atoms. The first kappa shape index (κ1) is 13.9. The average Bonchev–Trinajstić information content (AvgIpc) is 2.44. The molecule has 0 spiro atoms. The second-order valence-electron chi connectivity index (χ2n) is 5.01. The van der Waals surface area contributed by atoms with Crippen molar-refractivity contribution in [3.63, 3.8) is 0 Å². The van der Waals surface area contributed by atoms with Crippen LogP contribution in [0.5, 0.6) is 0 Å². The molecular formula is C16H23N3. The number of nitrogens with one attached hydrogen (secondary N) is 1. The minimum Gasteiger partial charge on any atom is -0.374 e.